The molecule has 0 radical (unpaired) electrons. The van der Waals surface area contributed by atoms with Crippen molar-refractivity contribution in [3.05, 3.63) is 59.4 Å². The molecule has 0 saturated heterocycles. The van der Waals surface area contributed by atoms with Gasteiger partial charge in [-0.1, -0.05) is 12.1 Å². The van der Waals surface area contributed by atoms with Crippen LogP contribution in [0.25, 0.3) is 0 Å². The number of nitrogens with two attached hydrogens (primary N) is 1. The first-order valence-electron chi connectivity index (χ1n) is 9.03. The van der Waals surface area contributed by atoms with Crippen molar-refractivity contribution in [3.63, 3.8) is 0 Å². The number of carbonyl (C=O) groups excluding carboxylic acids is 4. The highest BCUT2D eigenvalue weighted by Crippen LogP contribution is 2.12. The zero-order valence-electron chi connectivity index (χ0n) is 16.5. The Morgan fingerprint density at radius 2 is 1.68 bits per heavy atom. The van der Waals surface area contributed by atoms with Crippen molar-refractivity contribution < 1.29 is 27.6 Å². The standard InChI is InChI=1S/C19H21N5O6S/c1-12(25)21-9-8-13-2-5-15(6-3-13)31(29,30)24-18(27)14-4-7-16(22-11-14)19(28)23-17(26)10-20/h2-7,11H,8-10,20H2,1H3,(H,21,25)(H,24,27)(H,23,26,28). The van der Waals surface area contributed by atoms with Crippen molar-refractivity contribution in [2.75, 3.05) is 13.1 Å². The highest BCUT2D eigenvalue weighted by atomic mass is 32.2. The molecule has 2 aromatic rings. The number of sulfonamides is 1. The third-order valence-electron chi connectivity index (χ3n) is 3.94. The quantitative estimate of drug-likeness (QED) is 0.402. The van der Waals surface area contributed by atoms with Gasteiger partial charge in [0.2, 0.25) is 11.8 Å². The molecular weight excluding hydrogens is 426 g/mol. The Hall–Kier alpha value is -3.64. The molecule has 0 aliphatic heterocycles. The average Bonchev–Trinajstić information content (AvgIpc) is 2.73. The fraction of sp³-hybridized carbons (Fsp3) is 0.211. The van der Waals surface area contributed by atoms with Gasteiger partial charge >= 0.3 is 0 Å². The third kappa shape index (κ3) is 6.97. The Labute approximate surface area is 178 Å². The zero-order valence-corrected chi connectivity index (χ0v) is 17.4. The molecular formula is C19H21N5O6S. The summed E-state index contributed by atoms with van der Waals surface area (Å²) in [4.78, 5) is 49.7. The molecule has 0 saturated carbocycles. The van der Waals surface area contributed by atoms with E-state index in [2.05, 4.69) is 10.3 Å². The van der Waals surface area contributed by atoms with E-state index in [4.69, 9.17) is 5.73 Å². The van der Waals surface area contributed by atoms with E-state index in [1.165, 1.54) is 31.2 Å². The Balaban J connectivity index is 2.02. The summed E-state index contributed by atoms with van der Waals surface area (Å²) in [5.74, 6) is -2.59. The van der Waals surface area contributed by atoms with Crippen molar-refractivity contribution in [2.45, 2.75) is 18.2 Å². The summed E-state index contributed by atoms with van der Waals surface area (Å²) >= 11 is 0. The Bertz CT molecular complexity index is 1080. The van der Waals surface area contributed by atoms with Crippen LogP contribution in [0.5, 0.6) is 0 Å². The summed E-state index contributed by atoms with van der Waals surface area (Å²) in [5, 5.41) is 4.63. The fourth-order valence-electron chi connectivity index (χ4n) is 2.36. The molecule has 12 heteroatoms. The molecule has 1 heterocycles. The predicted molar refractivity (Wildman–Crippen MR) is 109 cm³/mol. The number of amides is 4. The molecule has 2 rings (SSSR count). The van der Waals surface area contributed by atoms with Crippen LogP contribution in [0.4, 0.5) is 0 Å². The second-order valence-electron chi connectivity index (χ2n) is 6.33. The second kappa shape index (κ2) is 10.4. The molecule has 31 heavy (non-hydrogen) atoms. The molecule has 0 aliphatic carbocycles. The number of hydrogen-bond acceptors (Lipinski definition) is 8. The lowest BCUT2D eigenvalue weighted by molar-refractivity contribution is -0.119. The molecule has 1 aromatic carbocycles. The highest BCUT2D eigenvalue weighted by Gasteiger charge is 2.19. The lowest BCUT2D eigenvalue weighted by Crippen LogP contribution is -2.36. The highest BCUT2D eigenvalue weighted by molar-refractivity contribution is 7.90. The molecule has 11 nitrogen and oxygen atoms in total. The maximum atomic E-state index is 12.4. The Kier molecular flexibility index (Phi) is 7.94. The average molecular weight is 447 g/mol. The molecule has 0 fully saturated rings. The van der Waals surface area contributed by atoms with Crippen molar-refractivity contribution >= 4 is 33.7 Å². The van der Waals surface area contributed by atoms with Crippen LogP contribution in [0.3, 0.4) is 0 Å². The molecule has 0 atom stereocenters. The zero-order chi connectivity index (χ0) is 23.0. The van der Waals surface area contributed by atoms with Gasteiger partial charge in [0.15, 0.2) is 0 Å². The SMILES string of the molecule is CC(=O)NCCc1ccc(S(=O)(=O)NC(=O)c2ccc(C(=O)NC(=O)CN)nc2)cc1. The van der Waals surface area contributed by atoms with E-state index in [0.717, 1.165) is 11.8 Å². The number of nitrogens with one attached hydrogen (secondary N) is 3. The molecule has 0 bridgehead atoms. The van der Waals surface area contributed by atoms with Gasteiger partial charge in [0.25, 0.3) is 21.8 Å². The van der Waals surface area contributed by atoms with Crippen LogP contribution in [0.2, 0.25) is 0 Å². The summed E-state index contributed by atoms with van der Waals surface area (Å²) in [6, 6.07) is 8.23. The van der Waals surface area contributed by atoms with E-state index >= 15 is 0 Å². The van der Waals surface area contributed by atoms with E-state index in [1.54, 1.807) is 12.1 Å². The van der Waals surface area contributed by atoms with E-state index in [0.29, 0.717) is 13.0 Å². The predicted octanol–water partition coefficient (Wildman–Crippen LogP) is -0.906. The Morgan fingerprint density at radius 1 is 1.00 bits per heavy atom. The van der Waals surface area contributed by atoms with Crippen LogP contribution >= 0.6 is 0 Å². The molecule has 1 aromatic heterocycles. The number of aromatic nitrogens is 1. The summed E-state index contributed by atoms with van der Waals surface area (Å²) in [6.07, 6.45) is 1.53. The van der Waals surface area contributed by atoms with Crippen LogP contribution in [-0.4, -0.2) is 50.1 Å². The van der Waals surface area contributed by atoms with Gasteiger partial charge in [-0.2, -0.15) is 0 Å². The Morgan fingerprint density at radius 3 is 2.23 bits per heavy atom. The van der Waals surface area contributed by atoms with Crippen LogP contribution in [0, 0.1) is 0 Å². The van der Waals surface area contributed by atoms with Gasteiger partial charge in [-0.05, 0) is 36.2 Å². The number of carbonyl (C=O) groups is 4. The maximum Gasteiger partial charge on any atom is 0.276 e. The number of pyridine rings is 1. The van der Waals surface area contributed by atoms with Gasteiger partial charge in [-0.25, -0.2) is 13.1 Å². The first-order chi connectivity index (χ1) is 14.6. The first kappa shape index (κ1) is 23.6. The largest absolute Gasteiger partial charge is 0.356 e. The molecule has 4 amide bonds. The lowest BCUT2D eigenvalue weighted by Gasteiger charge is -2.08. The monoisotopic (exact) mass is 447 g/mol. The number of imide groups is 1. The van der Waals surface area contributed by atoms with Crippen molar-refractivity contribution in [1.29, 1.82) is 0 Å². The van der Waals surface area contributed by atoms with E-state index < -0.39 is 27.7 Å². The summed E-state index contributed by atoms with van der Waals surface area (Å²) in [7, 11) is -4.14. The van der Waals surface area contributed by atoms with Crippen LogP contribution in [-0.2, 0) is 26.0 Å². The normalized spacial score (nSPS) is 10.8. The van der Waals surface area contributed by atoms with Crippen molar-refractivity contribution in [3.8, 4) is 0 Å². The number of nitrogens with zero attached hydrogens (tertiary/aromatic N) is 1. The van der Waals surface area contributed by atoms with Crippen molar-refractivity contribution in [2.24, 2.45) is 5.73 Å². The van der Waals surface area contributed by atoms with E-state index in [-0.39, 0.29) is 28.6 Å². The molecule has 0 aliphatic rings. The van der Waals surface area contributed by atoms with Gasteiger partial charge < -0.3 is 11.1 Å². The topological polar surface area (TPSA) is 177 Å². The fourth-order valence-corrected chi connectivity index (χ4v) is 3.34. The van der Waals surface area contributed by atoms with Crippen LogP contribution in [0.1, 0.15) is 33.3 Å². The summed E-state index contributed by atoms with van der Waals surface area (Å²) < 4.78 is 26.8. The molecule has 0 unspecified atom stereocenters. The number of rotatable bonds is 8. The number of hydrogen-bond donors (Lipinski definition) is 4. The van der Waals surface area contributed by atoms with Gasteiger partial charge in [0.05, 0.1) is 17.0 Å². The third-order valence-corrected chi connectivity index (χ3v) is 5.29. The second-order valence-corrected chi connectivity index (χ2v) is 8.01. The van der Waals surface area contributed by atoms with Gasteiger partial charge in [-0.15, -0.1) is 0 Å². The molecule has 5 N–H and O–H groups in total. The summed E-state index contributed by atoms with van der Waals surface area (Å²) in [5.41, 5.74) is 5.67. The number of benzene rings is 1. The lowest BCUT2D eigenvalue weighted by atomic mass is 10.1. The minimum atomic E-state index is -4.14. The smallest absolute Gasteiger partial charge is 0.276 e. The first-order valence-corrected chi connectivity index (χ1v) is 10.5. The van der Waals surface area contributed by atoms with Gasteiger partial charge in [-0.3, -0.25) is 29.5 Å². The van der Waals surface area contributed by atoms with E-state index in [9.17, 15) is 27.6 Å². The summed E-state index contributed by atoms with van der Waals surface area (Å²) in [6.45, 7) is 1.44. The minimum Gasteiger partial charge on any atom is -0.356 e. The van der Waals surface area contributed by atoms with Crippen LogP contribution < -0.4 is 21.1 Å². The minimum absolute atomic E-state index is 0.0998. The molecule has 0 spiro atoms. The maximum absolute atomic E-state index is 12.4. The molecule has 164 valence electrons. The van der Waals surface area contributed by atoms with Gasteiger partial charge in [0.1, 0.15) is 5.69 Å². The van der Waals surface area contributed by atoms with Gasteiger partial charge in [0, 0.05) is 19.7 Å². The van der Waals surface area contributed by atoms with Crippen LogP contribution in [0.15, 0.2) is 47.5 Å². The van der Waals surface area contributed by atoms with E-state index in [1.807, 2.05) is 10.0 Å². The van der Waals surface area contributed by atoms with Crippen molar-refractivity contribution in [1.82, 2.24) is 20.3 Å².